The lowest BCUT2D eigenvalue weighted by molar-refractivity contribution is 0.477. The molecule has 0 unspecified atom stereocenters. The van der Waals surface area contributed by atoms with Crippen LogP contribution in [0.3, 0.4) is 0 Å². The summed E-state index contributed by atoms with van der Waals surface area (Å²) in [5, 5.41) is 4.42. The average molecular weight is 607 g/mol. The minimum atomic E-state index is 0.761. The van der Waals surface area contributed by atoms with E-state index in [-0.39, 0.29) is 0 Å². The third-order valence-electron chi connectivity index (χ3n) is 9.02. The fourth-order valence-corrected chi connectivity index (χ4v) is 6.89. The molecule has 0 radical (unpaired) electrons. The lowest BCUT2D eigenvalue weighted by atomic mass is 10.1. The van der Waals surface area contributed by atoms with Crippen LogP contribution in [0.4, 0.5) is 34.1 Å². The van der Waals surface area contributed by atoms with Crippen molar-refractivity contribution < 1.29 is 13.6 Å². The van der Waals surface area contributed by atoms with Crippen molar-refractivity contribution in [2.75, 3.05) is 9.80 Å². The smallest absolute Gasteiger partial charge is 0.153 e. The molecule has 47 heavy (non-hydrogen) atoms. The van der Waals surface area contributed by atoms with Crippen LogP contribution in [0.1, 0.15) is 0 Å². The maximum Gasteiger partial charge on any atom is 0.153 e. The van der Waals surface area contributed by atoms with Crippen molar-refractivity contribution >= 4 is 78.0 Å². The van der Waals surface area contributed by atoms with E-state index in [0.29, 0.717) is 0 Å². The summed E-state index contributed by atoms with van der Waals surface area (Å²) in [5.74, 6) is 1.55. The minimum Gasteiger partial charge on any atom is -0.456 e. The van der Waals surface area contributed by atoms with Gasteiger partial charge in [0.05, 0.1) is 17.1 Å². The Morgan fingerprint density at radius 2 is 0.957 bits per heavy atom. The normalized spacial score (nSPS) is 12.4. The fraction of sp³-hybridized carbons (Fsp3) is 0. The van der Waals surface area contributed by atoms with Gasteiger partial charge in [0, 0.05) is 56.8 Å². The highest BCUT2D eigenvalue weighted by molar-refractivity contribution is 6.07. The summed E-state index contributed by atoms with van der Waals surface area (Å²) >= 11 is 0. The van der Waals surface area contributed by atoms with Gasteiger partial charge in [-0.25, -0.2) is 0 Å². The van der Waals surface area contributed by atoms with Crippen molar-refractivity contribution in [3.8, 4) is 11.5 Å². The third kappa shape index (κ3) is 4.03. The van der Waals surface area contributed by atoms with Crippen LogP contribution in [0.15, 0.2) is 167 Å². The summed E-state index contributed by atoms with van der Waals surface area (Å²) in [5.41, 5.74) is 9.37. The van der Waals surface area contributed by atoms with Gasteiger partial charge in [0.15, 0.2) is 11.5 Å². The molecular weight excluding hydrogens is 580 g/mol. The van der Waals surface area contributed by atoms with E-state index in [0.717, 1.165) is 89.5 Å². The van der Waals surface area contributed by atoms with Gasteiger partial charge in [-0.3, -0.25) is 0 Å². The first-order valence-corrected chi connectivity index (χ1v) is 15.7. The standard InChI is InChI=1S/C42H26N2O3/c1-2-10-27(11-3-1)43(28-18-21-33-31-12-4-7-15-37(31)45-40(33)24-28)29-20-23-36-42(26-29)47-39-17-9-6-14-35(39)44(36)30-19-22-34-32-13-5-8-16-38(32)46-41(34)25-30/h1-26H. The highest BCUT2D eigenvalue weighted by atomic mass is 16.5. The minimum absolute atomic E-state index is 0.761. The van der Waals surface area contributed by atoms with Crippen LogP contribution < -0.4 is 14.5 Å². The molecule has 0 fully saturated rings. The molecule has 1 aliphatic rings. The number of fused-ring (bicyclic) bond motifs is 8. The lowest BCUT2D eigenvalue weighted by Crippen LogP contribution is -2.16. The second kappa shape index (κ2) is 10.0. The first kappa shape index (κ1) is 25.8. The number of furan rings is 2. The van der Waals surface area contributed by atoms with Crippen molar-refractivity contribution in [1.29, 1.82) is 0 Å². The molecule has 5 heteroatoms. The third-order valence-corrected chi connectivity index (χ3v) is 9.02. The highest BCUT2D eigenvalue weighted by Gasteiger charge is 2.28. The zero-order valence-electron chi connectivity index (χ0n) is 25.1. The van der Waals surface area contributed by atoms with Crippen molar-refractivity contribution in [1.82, 2.24) is 0 Å². The zero-order valence-corrected chi connectivity index (χ0v) is 25.1. The Labute approximate surface area is 270 Å². The summed E-state index contributed by atoms with van der Waals surface area (Å²) in [6.45, 7) is 0. The number of para-hydroxylation sites is 5. The largest absolute Gasteiger partial charge is 0.456 e. The van der Waals surface area contributed by atoms with Crippen LogP contribution in [-0.4, -0.2) is 0 Å². The number of benzene rings is 7. The monoisotopic (exact) mass is 606 g/mol. The number of nitrogens with zero attached hydrogens (tertiary/aromatic N) is 2. The molecule has 0 aliphatic carbocycles. The fourth-order valence-electron chi connectivity index (χ4n) is 6.89. The van der Waals surface area contributed by atoms with Gasteiger partial charge in [-0.1, -0.05) is 66.7 Å². The molecule has 222 valence electrons. The molecule has 1 aliphatic heterocycles. The molecule has 0 atom stereocenters. The van der Waals surface area contributed by atoms with Gasteiger partial charge in [0.1, 0.15) is 22.3 Å². The Hall–Kier alpha value is -6.46. The summed E-state index contributed by atoms with van der Waals surface area (Å²) in [6.07, 6.45) is 0. The van der Waals surface area contributed by atoms with E-state index in [1.54, 1.807) is 0 Å². The van der Waals surface area contributed by atoms with Gasteiger partial charge in [0.2, 0.25) is 0 Å². The van der Waals surface area contributed by atoms with E-state index >= 15 is 0 Å². The molecule has 0 saturated heterocycles. The van der Waals surface area contributed by atoms with Crippen LogP contribution in [0.5, 0.6) is 11.5 Å². The Morgan fingerprint density at radius 3 is 1.74 bits per heavy atom. The number of rotatable bonds is 4. The highest BCUT2D eigenvalue weighted by Crippen LogP contribution is 2.52. The summed E-state index contributed by atoms with van der Waals surface area (Å²) in [6, 6.07) is 54.1. The van der Waals surface area contributed by atoms with Crippen molar-refractivity contribution in [3.05, 3.63) is 158 Å². The Balaban J connectivity index is 1.13. The Bertz CT molecular complexity index is 2640. The molecule has 0 bridgehead atoms. The molecule has 0 spiro atoms. The van der Waals surface area contributed by atoms with Gasteiger partial charge in [-0.2, -0.15) is 0 Å². The van der Waals surface area contributed by atoms with E-state index in [4.69, 9.17) is 13.6 Å². The van der Waals surface area contributed by atoms with E-state index in [9.17, 15) is 0 Å². The quantitative estimate of drug-likeness (QED) is 0.199. The van der Waals surface area contributed by atoms with Crippen LogP contribution in [0, 0.1) is 0 Å². The lowest BCUT2D eigenvalue weighted by Gasteiger charge is -2.34. The predicted octanol–water partition coefficient (Wildman–Crippen LogP) is 12.5. The number of hydrogen-bond donors (Lipinski definition) is 0. The second-order valence-corrected chi connectivity index (χ2v) is 11.8. The Kier molecular flexibility index (Phi) is 5.51. The number of anilines is 6. The SMILES string of the molecule is c1ccc(N(c2ccc3c(c2)Oc2ccccc2N3c2ccc3c(c2)oc2ccccc23)c2ccc3c(c2)oc2ccccc23)cc1. The molecule has 10 rings (SSSR count). The summed E-state index contributed by atoms with van der Waals surface area (Å²) in [4.78, 5) is 4.49. The van der Waals surface area contributed by atoms with Gasteiger partial charge in [-0.05, 0) is 72.8 Å². The molecule has 5 nitrogen and oxygen atoms in total. The molecule has 0 amide bonds. The van der Waals surface area contributed by atoms with Crippen LogP contribution in [0.25, 0.3) is 43.9 Å². The van der Waals surface area contributed by atoms with Crippen molar-refractivity contribution in [3.63, 3.8) is 0 Å². The maximum absolute atomic E-state index is 6.63. The molecule has 7 aromatic carbocycles. The predicted molar refractivity (Wildman–Crippen MR) is 190 cm³/mol. The Morgan fingerprint density at radius 1 is 0.383 bits per heavy atom. The molecule has 0 N–H and O–H groups in total. The van der Waals surface area contributed by atoms with Crippen molar-refractivity contribution in [2.24, 2.45) is 0 Å². The average Bonchev–Trinajstić information content (AvgIpc) is 3.68. The molecule has 9 aromatic rings. The second-order valence-electron chi connectivity index (χ2n) is 11.8. The van der Waals surface area contributed by atoms with Gasteiger partial charge >= 0.3 is 0 Å². The van der Waals surface area contributed by atoms with E-state index in [2.05, 4.69) is 107 Å². The van der Waals surface area contributed by atoms with Crippen LogP contribution in [-0.2, 0) is 0 Å². The zero-order chi connectivity index (χ0) is 30.9. The first-order chi connectivity index (χ1) is 23.3. The molecule has 2 aromatic heterocycles. The maximum atomic E-state index is 6.63. The van der Waals surface area contributed by atoms with E-state index < -0.39 is 0 Å². The van der Waals surface area contributed by atoms with Gasteiger partial charge in [-0.15, -0.1) is 0 Å². The van der Waals surface area contributed by atoms with Crippen molar-refractivity contribution in [2.45, 2.75) is 0 Å². The molecule has 0 saturated carbocycles. The topological polar surface area (TPSA) is 42.0 Å². The summed E-state index contributed by atoms with van der Waals surface area (Å²) in [7, 11) is 0. The van der Waals surface area contributed by atoms with E-state index in [1.807, 2.05) is 60.7 Å². The van der Waals surface area contributed by atoms with Crippen LogP contribution >= 0.6 is 0 Å². The van der Waals surface area contributed by atoms with E-state index in [1.165, 1.54) is 0 Å². The van der Waals surface area contributed by atoms with Crippen LogP contribution in [0.2, 0.25) is 0 Å². The number of ether oxygens (including phenoxy) is 1. The van der Waals surface area contributed by atoms with Gasteiger partial charge < -0.3 is 23.4 Å². The first-order valence-electron chi connectivity index (χ1n) is 15.7. The number of hydrogen-bond acceptors (Lipinski definition) is 5. The summed E-state index contributed by atoms with van der Waals surface area (Å²) < 4.78 is 19.2. The molecule has 3 heterocycles. The molecular formula is C42H26N2O3. The van der Waals surface area contributed by atoms with Gasteiger partial charge in [0.25, 0.3) is 0 Å².